The van der Waals surface area contributed by atoms with Gasteiger partial charge in [0.15, 0.2) is 5.76 Å². The fourth-order valence-corrected chi connectivity index (χ4v) is 7.80. The second-order valence-corrected chi connectivity index (χ2v) is 11.7. The zero-order chi connectivity index (χ0) is 22.3. The molecule has 2 fully saturated rings. The third-order valence-corrected chi connectivity index (χ3v) is 9.81. The molecule has 0 atom stereocenters. The maximum atomic E-state index is 13.7. The Hall–Kier alpha value is -1.74. The molecule has 7 nitrogen and oxygen atoms in total. The number of hydrogen-bond donors (Lipinski definition) is 1. The SMILES string of the molecule is Cc1noc(C)c1S(=O)(=O)N1Cc2ccccc2C2(CCN(CC3CCNCC3)CC2)C1. The second-order valence-electron chi connectivity index (χ2n) is 9.86. The predicted molar refractivity (Wildman–Crippen MR) is 123 cm³/mol. The van der Waals surface area contributed by atoms with Gasteiger partial charge < -0.3 is 14.7 Å². The Bertz CT molecular complexity index is 1050. The number of aromatic nitrogens is 1. The van der Waals surface area contributed by atoms with Crippen molar-refractivity contribution < 1.29 is 12.9 Å². The van der Waals surface area contributed by atoms with Crippen LogP contribution in [-0.2, 0) is 22.0 Å². The van der Waals surface area contributed by atoms with E-state index in [2.05, 4.69) is 33.6 Å². The van der Waals surface area contributed by atoms with Gasteiger partial charge in [-0.2, -0.15) is 4.31 Å². The van der Waals surface area contributed by atoms with Gasteiger partial charge in [0.25, 0.3) is 0 Å². The van der Waals surface area contributed by atoms with Gasteiger partial charge in [-0.05, 0) is 82.8 Å². The fraction of sp³-hybridized carbons (Fsp3) is 0.625. The van der Waals surface area contributed by atoms with Gasteiger partial charge in [0.1, 0.15) is 10.6 Å². The monoisotopic (exact) mass is 458 g/mol. The first-order valence-electron chi connectivity index (χ1n) is 11.8. The van der Waals surface area contributed by atoms with E-state index in [4.69, 9.17) is 4.52 Å². The van der Waals surface area contributed by atoms with E-state index in [0.29, 0.717) is 24.5 Å². The van der Waals surface area contributed by atoms with E-state index >= 15 is 0 Å². The molecule has 2 saturated heterocycles. The van der Waals surface area contributed by atoms with Gasteiger partial charge in [0.05, 0.1) is 0 Å². The molecule has 1 N–H and O–H groups in total. The number of rotatable bonds is 4. The lowest BCUT2D eigenvalue weighted by molar-refractivity contribution is 0.109. The minimum absolute atomic E-state index is 0.133. The van der Waals surface area contributed by atoms with Crippen molar-refractivity contribution in [2.45, 2.75) is 56.4 Å². The highest BCUT2D eigenvalue weighted by molar-refractivity contribution is 7.89. The van der Waals surface area contributed by atoms with Crippen molar-refractivity contribution >= 4 is 10.0 Å². The molecule has 3 aliphatic heterocycles. The summed E-state index contributed by atoms with van der Waals surface area (Å²) in [5.74, 6) is 1.15. The lowest BCUT2D eigenvalue weighted by Gasteiger charge is -2.48. The lowest BCUT2D eigenvalue weighted by Crippen LogP contribution is -2.53. The summed E-state index contributed by atoms with van der Waals surface area (Å²) >= 11 is 0. The maximum absolute atomic E-state index is 13.7. The summed E-state index contributed by atoms with van der Waals surface area (Å²) in [7, 11) is -3.68. The Morgan fingerprint density at radius 3 is 2.56 bits per heavy atom. The van der Waals surface area contributed by atoms with Crippen LogP contribution in [0, 0.1) is 19.8 Å². The summed E-state index contributed by atoms with van der Waals surface area (Å²) in [4.78, 5) is 2.83. The van der Waals surface area contributed by atoms with Crippen molar-refractivity contribution in [3.05, 3.63) is 46.8 Å². The van der Waals surface area contributed by atoms with Crippen molar-refractivity contribution in [3.8, 4) is 0 Å². The van der Waals surface area contributed by atoms with Crippen LogP contribution >= 0.6 is 0 Å². The van der Waals surface area contributed by atoms with Crippen LogP contribution in [0.3, 0.4) is 0 Å². The van der Waals surface area contributed by atoms with Crippen LogP contribution in [0.1, 0.15) is 48.3 Å². The van der Waals surface area contributed by atoms with Crippen molar-refractivity contribution in [2.24, 2.45) is 5.92 Å². The van der Waals surface area contributed by atoms with Crippen LogP contribution in [-0.4, -0.2) is 62.0 Å². The van der Waals surface area contributed by atoms with Gasteiger partial charge >= 0.3 is 0 Å². The molecule has 0 unspecified atom stereocenters. The Morgan fingerprint density at radius 1 is 1.16 bits per heavy atom. The number of benzene rings is 1. The first kappa shape index (κ1) is 22.1. The van der Waals surface area contributed by atoms with E-state index in [9.17, 15) is 8.42 Å². The summed E-state index contributed by atoms with van der Waals surface area (Å²) in [6, 6.07) is 8.43. The molecule has 174 valence electrons. The van der Waals surface area contributed by atoms with Gasteiger partial charge in [0.2, 0.25) is 10.0 Å². The normalized spacial score (nSPS) is 22.8. The van der Waals surface area contributed by atoms with Crippen LogP contribution in [0.5, 0.6) is 0 Å². The molecule has 4 heterocycles. The van der Waals surface area contributed by atoms with Crippen LogP contribution in [0.2, 0.25) is 0 Å². The van der Waals surface area contributed by atoms with E-state index in [1.807, 2.05) is 6.07 Å². The standard InChI is InChI=1S/C24H34N4O3S/c1-18-23(19(2)31-26-18)32(29,30)28-16-21-5-3-4-6-22(21)24(17-28)9-13-27(14-10-24)15-20-7-11-25-12-8-20/h3-6,20,25H,7-17H2,1-2H3. The summed E-state index contributed by atoms with van der Waals surface area (Å²) in [5.41, 5.74) is 2.77. The van der Waals surface area contributed by atoms with Gasteiger partial charge in [-0.25, -0.2) is 8.42 Å². The Kier molecular flexibility index (Phi) is 5.90. The molecular formula is C24H34N4O3S. The minimum atomic E-state index is -3.68. The molecule has 5 rings (SSSR count). The lowest BCUT2D eigenvalue weighted by atomic mass is 9.69. The van der Waals surface area contributed by atoms with Gasteiger partial charge in [-0.15, -0.1) is 0 Å². The van der Waals surface area contributed by atoms with Crippen molar-refractivity contribution in [1.29, 1.82) is 0 Å². The first-order chi connectivity index (χ1) is 15.4. The smallest absolute Gasteiger partial charge is 0.248 e. The van der Waals surface area contributed by atoms with Crippen LogP contribution in [0.15, 0.2) is 33.7 Å². The highest BCUT2D eigenvalue weighted by atomic mass is 32.2. The third-order valence-electron chi connectivity index (χ3n) is 7.77. The molecule has 0 amide bonds. The van der Waals surface area contributed by atoms with Gasteiger partial charge in [-0.1, -0.05) is 29.4 Å². The molecule has 32 heavy (non-hydrogen) atoms. The summed E-state index contributed by atoms with van der Waals surface area (Å²) in [6.07, 6.45) is 4.49. The molecule has 1 aromatic carbocycles. The zero-order valence-electron chi connectivity index (χ0n) is 19.1. The van der Waals surface area contributed by atoms with Gasteiger partial charge in [-0.3, -0.25) is 0 Å². The Labute approximate surface area is 191 Å². The highest BCUT2D eigenvalue weighted by Crippen LogP contribution is 2.43. The number of piperidine rings is 2. The molecule has 1 aromatic heterocycles. The number of likely N-dealkylation sites (tertiary alicyclic amines) is 1. The number of nitrogens with one attached hydrogen (secondary N) is 1. The number of aryl methyl sites for hydroxylation is 2. The van der Waals surface area contributed by atoms with E-state index in [-0.39, 0.29) is 10.3 Å². The second kappa shape index (κ2) is 8.56. The Balaban J connectivity index is 1.40. The number of hydrogen-bond acceptors (Lipinski definition) is 6. The summed E-state index contributed by atoms with van der Waals surface area (Å²) < 4.78 is 34.2. The molecule has 1 spiro atoms. The average molecular weight is 459 g/mol. The third kappa shape index (κ3) is 3.91. The number of fused-ring (bicyclic) bond motifs is 2. The van der Waals surface area contributed by atoms with E-state index in [0.717, 1.165) is 50.5 Å². The van der Waals surface area contributed by atoms with Crippen LogP contribution in [0.4, 0.5) is 0 Å². The molecular weight excluding hydrogens is 424 g/mol. The number of nitrogens with zero attached hydrogens (tertiary/aromatic N) is 3. The quantitative estimate of drug-likeness (QED) is 0.759. The predicted octanol–water partition coefficient (Wildman–Crippen LogP) is 2.83. The van der Waals surface area contributed by atoms with Crippen molar-refractivity contribution in [3.63, 3.8) is 0 Å². The fourth-order valence-electron chi connectivity index (χ4n) is 6.01. The van der Waals surface area contributed by atoms with Crippen molar-refractivity contribution in [1.82, 2.24) is 19.7 Å². The van der Waals surface area contributed by atoms with E-state index in [1.165, 1.54) is 24.9 Å². The van der Waals surface area contributed by atoms with Crippen LogP contribution in [0.25, 0.3) is 0 Å². The van der Waals surface area contributed by atoms with Crippen LogP contribution < -0.4 is 5.32 Å². The molecule has 3 aliphatic rings. The summed E-state index contributed by atoms with van der Waals surface area (Å²) in [6.45, 7) is 9.79. The van der Waals surface area contributed by atoms with E-state index < -0.39 is 10.0 Å². The highest BCUT2D eigenvalue weighted by Gasteiger charge is 2.46. The zero-order valence-corrected chi connectivity index (χ0v) is 20.0. The van der Waals surface area contributed by atoms with Gasteiger partial charge in [0, 0.05) is 25.0 Å². The molecule has 0 aliphatic carbocycles. The van der Waals surface area contributed by atoms with Crippen molar-refractivity contribution in [2.75, 3.05) is 39.3 Å². The Morgan fingerprint density at radius 2 is 1.88 bits per heavy atom. The molecule has 0 bridgehead atoms. The maximum Gasteiger partial charge on any atom is 0.248 e. The summed E-state index contributed by atoms with van der Waals surface area (Å²) in [5, 5.41) is 7.35. The molecule has 2 aromatic rings. The first-order valence-corrected chi connectivity index (χ1v) is 13.3. The molecule has 8 heteroatoms. The molecule has 0 radical (unpaired) electrons. The largest absolute Gasteiger partial charge is 0.360 e. The molecule has 0 saturated carbocycles. The van der Waals surface area contributed by atoms with E-state index in [1.54, 1.807) is 18.2 Å². The number of sulfonamides is 1. The minimum Gasteiger partial charge on any atom is -0.360 e. The average Bonchev–Trinajstić information content (AvgIpc) is 3.15. The topological polar surface area (TPSA) is 78.7 Å².